The van der Waals surface area contributed by atoms with Crippen LogP contribution in [0.25, 0.3) is 0 Å². The maximum absolute atomic E-state index is 9.29. The molecule has 0 aromatic carbocycles. The summed E-state index contributed by atoms with van der Waals surface area (Å²) < 4.78 is 0. The number of aliphatic hydroxyl groups is 2. The molecular formula is C8H19NO2. The average molecular weight is 161 g/mol. The number of nitrogens with two attached hydrogens (primary N) is 1. The third kappa shape index (κ3) is 4.35. The fraction of sp³-hybridized carbons (Fsp3) is 1.00. The molecule has 0 bridgehead atoms. The second-order valence-corrected chi connectivity index (χ2v) is 3.06. The normalized spacial score (nSPS) is 19.4. The summed E-state index contributed by atoms with van der Waals surface area (Å²) in [4.78, 5) is 0. The Hall–Kier alpha value is -0.120. The van der Waals surface area contributed by atoms with Crippen molar-refractivity contribution in [2.75, 3.05) is 0 Å². The average Bonchev–Trinajstić information content (AvgIpc) is 1.98. The Morgan fingerprint density at radius 2 is 1.91 bits per heavy atom. The van der Waals surface area contributed by atoms with Crippen molar-refractivity contribution in [1.82, 2.24) is 0 Å². The first-order valence-corrected chi connectivity index (χ1v) is 4.21. The van der Waals surface area contributed by atoms with E-state index in [0.29, 0.717) is 6.42 Å². The largest absolute Gasteiger partial charge is 0.390 e. The summed E-state index contributed by atoms with van der Waals surface area (Å²) in [6.07, 6.45) is 1.17. The van der Waals surface area contributed by atoms with Crippen molar-refractivity contribution >= 4 is 0 Å². The zero-order valence-electron chi connectivity index (χ0n) is 7.33. The molecule has 4 N–H and O–H groups in total. The number of aliphatic hydroxyl groups excluding tert-OH is 2. The van der Waals surface area contributed by atoms with Crippen LogP contribution < -0.4 is 5.73 Å². The van der Waals surface area contributed by atoms with E-state index in [4.69, 9.17) is 5.73 Å². The van der Waals surface area contributed by atoms with Gasteiger partial charge in [0.25, 0.3) is 0 Å². The molecule has 0 saturated heterocycles. The van der Waals surface area contributed by atoms with E-state index < -0.39 is 12.2 Å². The summed E-state index contributed by atoms with van der Waals surface area (Å²) in [5, 5.41) is 18.5. The summed E-state index contributed by atoms with van der Waals surface area (Å²) in [5.74, 6) is 0. The summed E-state index contributed by atoms with van der Waals surface area (Å²) in [6.45, 7) is 3.74. The van der Waals surface area contributed by atoms with Crippen LogP contribution in [-0.2, 0) is 0 Å². The molecule has 0 aliphatic heterocycles. The molecule has 3 atom stereocenters. The Kier molecular flexibility index (Phi) is 5.46. The molecule has 0 spiro atoms. The van der Waals surface area contributed by atoms with Crippen LogP contribution in [0.4, 0.5) is 0 Å². The second kappa shape index (κ2) is 5.52. The maximum atomic E-state index is 9.29. The molecule has 0 fully saturated rings. The van der Waals surface area contributed by atoms with E-state index in [1.54, 1.807) is 6.92 Å². The van der Waals surface area contributed by atoms with Gasteiger partial charge in [0.15, 0.2) is 0 Å². The lowest BCUT2D eigenvalue weighted by Crippen LogP contribution is -2.40. The van der Waals surface area contributed by atoms with Crippen LogP contribution in [0, 0.1) is 0 Å². The Morgan fingerprint density at radius 3 is 2.27 bits per heavy atom. The lowest BCUT2D eigenvalue weighted by molar-refractivity contribution is 0.00199. The molecular weight excluding hydrogens is 142 g/mol. The monoisotopic (exact) mass is 161 g/mol. The van der Waals surface area contributed by atoms with Gasteiger partial charge in [-0.15, -0.1) is 0 Å². The molecule has 0 aliphatic rings. The molecule has 3 heteroatoms. The van der Waals surface area contributed by atoms with Gasteiger partial charge in [-0.3, -0.25) is 0 Å². The van der Waals surface area contributed by atoms with Crippen LogP contribution in [0.15, 0.2) is 0 Å². The van der Waals surface area contributed by atoms with Crippen molar-refractivity contribution < 1.29 is 10.2 Å². The molecule has 68 valence electrons. The van der Waals surface area contributed by atoms with Gasteiger partial charge in [-0.05, 0) is 13.3 Å². The fourth-order valence-corrected chi connectivity index (χ4v) is 0.934. The molecule has 0 saturated carbocycles. The third-order valence-corrected chi connectivity index (χ3v) is 1.79. The van der Waals surface area contributed by atoms with Crippen LogP contribution in [0.1, 0.15) is 33.1 Å². The Labute approximate surface area is 68.2 Å². The fourth-order valence-electron chi connectivity index (χ4n) is 0.934. The van der Waals surface area contributed by atoms with E-state index in [1.165, 1.54) is 0 Å². The molecule has 0 aromatic rings. The van der Waals surface area contributed by atoms with Gasteiger partial charge in [0.05, 0.1) is 12.2 Å². The van der Waals surface area contributed by atoms with E-state index in [9.17, 15) is 10.2 Å². The summed E-state index contributed by atoms with van der Waals surface area (Å²) in [7, 11) is 0. The van der Waals surface area contributed by atoms with Gasteiger partial charge in [0, 0.05) is 6.04 Å². The SMILES string of the molecule is CCCCC(O)C(O)C(C)N. The highest BCUT2D eigenvalue weighted by Gasteiger charge is 2.18. The van der Waals surface area contributed by atoms with Crippen LogP contribution in [-0.4, -0.2) is 28.5 Å². The predicted octanol–water partition coefficient (Wildman–Crippen LogP) is 0.246. The number of hydrogen-bond donors (Lipinski definition) is 3. The van der Waals surface area contributed by atoms with Crippen LogP contribution in [0.5, 0.6) is 0 Å². The summed E-state index contributed by atoms with van der Waals surface area (Å²) >= 11 is 0. The van der Waals surface area contributed by atoms with E-state index in [1.807, 2.05) is 6.92 Å². The first-order valence-electron chi connectivity index (χ1n) is 4.21. The quantitative estimate of drug-likeness (QED) is 0.541. The molecule has 11 heavy (non-hydrogen) atoms. The maximum Gasteiger partial charge on any atom is 0.0946 e. The standard InChI is InChI=1S/C8H19NO2/c1-3-4-5-7(10)8(11)6(2)9/h6-8,10-11H,3-5,9H2,1-2H3. The third-order valence-electron chi connectivity index (χ3n) is 1.79. The second-order valence-electron chi connectivity index (χ2n) is 3.06. The number of rotatable bonds is 5. The molecule has 0 amide bonds. The van der Waals surface area contributed by atoms with E-state index in [2.05, 4.69) is 0 Å². The minimum Gasteiger partial charge on any atom is -0.390 e. The Morgan fingerprint density at radius 1 is 1.36 bits per heavy atom. The first-order chi connectivity index (χ1) is 5.09. The van der Waals surface area contributed by atoms with Crippen molar-refractivity contribution in [1.29, 1.82) is 0 Å². The molecule has 3 unspecified atom stereocenters. The predicted molar refractivity (Wildman–Crippen MR) is 45.2 cm³/mol. The van der Waals surface area contributed by atoms with Gasteiger partial charge < -0.3 is 15.9 Å². The van der Waals surface area contributed by atoms with Crippen LogP contribution in [0.3, 0.4) is 0 Å². The van der Waals surface area contributed by atoms with Gasteiger partial charge in [-0.1, -0.05) is 19.8 Å². The molecule has 0 aliphatic carbocycles. The van der Waals surface area contributed by atoms with Gasteiger partial charge in [0.1, 0.15) is 0 Å². The van der Waals surface area contributed by atoms with Crippen molar-refractivity contribution in [2.45, 2.75) is 51.4 Å². The first kappa shape index (κ1) is 10.9. The van der Waals surface area contributed by atoms with E-state index >= 15 is 0 Å². The van der Waals surface area contributed by atoms with Crippen LogP contribution in [0.2, 0.25) is 0 Å². The minimum atomic E-state index is -0.776. The molecule has 0 rings (SSSR count). The lowest BCUT2D eigenvalue weighted by Gasteiger charge is -2.20. The smallest absolute Gasteiger partial charge is 0.0946 e. The van der Waals surface area contributed by atoms with E-state index in [-0.39, 0.29) is 6.04 Å². The number of unbranched alkanes of at least 4 members (excludes halogenated alkanes) is 1. The number of hydrogen-bond acceptors (Lipinski definition) is 3. The Balaban J connectivity index is 3.55. The Bertz CT molecular complexity index is 96.1. The highest BCUT2D eigenvalue weighted by Crippen LogP contribution is 2.06. The van der Waals surface area contributed by atoms with Crippen LogP contribution >= 0.6 is 0 Å². The van der Waals surface area contributed by atoms with Gasteiger partial charge in [0.2, 0.25) is 0 Å². The zero-order chi connectivity index (χ0) is 8.85. The van der Waals surface area contributed by atoms with Crippen molar-refractivity contribution in [3.05, 3.63) is 0 Å². The van der Waals surface area contributed by atoms with Gasteiger partial charge in [-0.2, -0.15) is 0 Å². The topological polar surface area (TPSA) is 66.5 Å². The summed E-state index contributed by atoms with van der Waals surface area (Å²) in [6, 6.07) is -0.346. The molecule has 0 heterocycles. The highest BCUT2D eigenvalue weighted by molar-refractivity contribution is 4.74. The molecule has 0 radical (unpaired) electrons. The van der Waals surface area contributed by atoms with E-state index in [0.717, 1.165) is 12.8 Å². The van der Waals surface area contributed by atoms with Crippen molar-refractivity contribution in [3.8, 4) is 0 Å². The molecule has 0 aromatic heterocycles. The van der Waals surface area contributed by atoms with Crippen molar-refractivity contribution in [3.63, 3.8) is 0 Å². The lowest BCUT2D eigenvalue weighted by atomic mass is 10.0. The minimum absolute atomic E-state index is 0.346. The van der Waals surface area contributed by atoms with Gasteiger partial charge >= 0.3 is 0 Å². The molecule has 3 nitrogen and oxygen atoms in total. The summed E-state index contributed by atoms with van der Waals surface area (Å²) in [5.41, 5.74) is 5.40. The highest BCUT2D eigenvalue weighted by atomic mass is 16.3. The zero-order valence-corrected chi connectivity index (χ0v) is 7.33. The van der Waals surface area contributed by atoms with Gasteiger partial charge in [-0.25, -0.2) is 0 Å². The van der Waals surface area contributed by atoms with Crippen molar-refractivity contribution in [2.24, 2.45) is 5.73 Å².